The zero-order valence-corrected chi connectivity index (χ0v) is 12.7. The van der Waals surface area contributed by atoms with Gasteiger partial charge in [-0.25, -0.2) is 0 Å². The summed E-state index contributed by atoms with van der Waals surface area (Å²) in [6.45, 7) is 10.6. The molecular formula is C16H32N2. The standard InChI is InChI=1S/C16H32N2/c1-14-5-4-11-18(12-6-14)16(13-17)9-7-15(2,3)8-10-16/h14H,4-13,17H2,1-3H3. The average molecular weight is 252 g/mol. The van der Waals surface area contributed by atoms with Crippen molar-refractivity contribution in [3.63, 3.8) is 0 Å². The largest absolute Gasteiger partial charge is 0.329 e. The number of likely N-dealkylation sites (tertiary alicyclic amines) is 1. The lowest BCUT2D eigenvalue weighted by molar-refractivity contribution is 0.0246. The van der Waals surface area contributed by atoms with E-state index < -0.39 is 0 Å². The molecule has 1 heterocycles. The molecule has 2 heteroatoms. The van der Waals surface area contributed by atoms with Crippen LogP contribution in [0.5, 0.6) is 0 Å². The summed E-state index contributed by atoms with van der Waals surface area (Å²) >= 11 is 0. The molecule has 0 aromatic heterocycles. The molecule has 18 heavy (non-hydrogen) atoms. The van der Waals surface area contributed by atoms with E-state index in [1.54, 1.807) is 0 Å². The van der Waals surface area contributed by atoms with Crippen molar-refractivity contribution in [3.05, 3.63) is 0 Å². The van der Waals surface area contributed by atoms with Gasteiger partial charge in [-0.1, -0.05) is 20.8 Å². The van der Waals surface area contributed by atoms with Crippen LogP contribution in [0.25, 0.3) is 0 Å². The van der Waals surface area contributed by atoms with E-state index in [1.165, 1.54) is 58.0 Å². The molecule has 1 aliphatic heterocycles. The topological polar surface area (TPSA) is 29.3 Å². The van der Waals surface area contributed by atoms with Crippen molar-refractivity contribution in [2.75, 3.05) is 19.6 Å². The number of nitrogens with two attached hydrogens (primary N) is 1. The fraction of sp³-hybridized carbons (Fsp3) is 1.00. The predicted molar refractivity (Wildman–Crippen MR) is 78.6 cm³/mol. The molecule has 1 saturated carbocycles. The first kappa shape index (κ1) is 14.3. The van der Waals surface area contributed by atoms with Gasteiger partial charge in [-0.2, -0.15) is 0 Å². The molecular weight excluding hydrogens is 220 g/mol. The van der Waals surface area contributed by atoms with E-state index in [1.807, 2.05) is 0 Å². The van der Waals surface area contributed by atoms with Gasteiger partial charge < -0.3 is 5.73 Å². The van der Waals surface area contributed by atoms with Crippen molar-refractivity contribution in [1.29, 1.82) is 0 Å². The summed E-state index contributed by atoms with van der Waals surface area (Å²) in [6.07, 6.45) is 9.45. The molecule has 1 atom stereocenters. The Morgan fingerprint density at radius 2 is 1.72 bits per heavy atom. The molecule has 2 rings (SSSR count). The predicted octanol–water partition coefficient (Wildman–Crippen LogP) is 3.41. The van der Waals surface area contributed by atoms with E-state index in [2.05, 4.69) is 25.7 Å². The summed E-state index contributed by atoms with van der Waals surface area (Å²) in [5.41, 5.74) is 7.07. The Hall–Kier alpha value is -0.0800. The summed E-state index contributed by atoms with van der Waals surface area (Å²) in [5.74, 6) is 0.907. The first-order valence-electron chi connectivity index (χ1n) is 7.93. The second-order valence-corrected chi connectivity index (χ2v) is 7.62. The molecule has 0 aromatic carbocycles. The van der Waals surface area contributed by atoms with Gasteiger partial charge in [0.25, 0.3) is 0 Å². The van der Waals surface area contributed by atoms with Gasteiger partial charge in [0.05, 0.1) is 0 Å². The molecule has 2 nitrogen and oxygen atoms in total. The number of hydrogen-bond acceptors (Lipinski definition) is 2. The molecule has 0 radical (unpaired) electrons. The first-order chi connectivity index (χ1) is 8.47. The van der Waals surface area contributed by atoms with Crippen LogP contribution in [-0.4, -0.2) is 30.1 Å². The lowest BCUT2D eigenvalue weighted by Crippen LogP contribution is -2.56. The molecule has 106 valence electrons. The monoisotopic (exact) mass is 252 g/mol. The molecule has 0 aromatic rings. The Kier molecular flexibility index (Phi) is 4.38. The number of rotatable bonds is 2. The fourth-order valence-electron chi connectivity index (χ4n) is 3.78. The van der Waals surface area contributed by atoms with E-state index in [-0.39, 0.29) is 0 Å². The molecule has 0 spiro atoms. The van der Waals surface area contributed by atoms with Crippen LogP contribution in [0, 0.1) is 11.3 Å². The third-order valence-corrected chi connectivity index (χ3v) is 5.60. The number of hydrogen-bond donors (Lipinski definition) is 1. The Morgan fingerprint density at radius 3 is 2.33 bits per heavy atom. The molecule has 0 bridgehead atoms. The molecule has 2 aliphatic rings. The Bertz CT molecular complexity index is 262. The molecule has 0 amide bonds. The highest BCUT2D eigenvalue weighted by Crippen LogP contribution is 2.43. The minimum absolute atomic E-state index is 0.333. The van der Waals surface area contributed by atoms with Gasteiger partial charge in [0.15, 0.2) is 0 Å². The van der Waals surface area contributed by atoms with Gasteiger partial charge in [-0.15, -0.1) is 0 Å². The van der Waals surface area contributed by atoms with Gasteiger partial charge in [0.2, 0.25) is 0 Å². The van der Waals surface area contributed by atoms with Crippen LogP contribution in [0.2, 0.25) is 0 Å². The van der Waals surface area contributed by atoms with Gasteiger partial charge >= 0.3 is 0 Å². The van der Waals surface area contributed by atoms with Crippen molar-refractivity contribution in [1.82, 2.24) is 4.90 Å². The molecule has 1 aliphatic carbocycles. The van der Waals surface area contributed by atoms with E-state index >= 15 is 0 Å². The highest BCUT2D eigenvalue weighted by molar-refractivity contribution is 4.98. The maximum absolute atomic E-state index is 6.20. The van der Waals surface area contributed by atoms with Gasteiger partial charge in [0, 0.05) is 12.1 Å². The quantitative estimate of drug-likeness (QED) is 0.816. The zero-order chi connectivity index (χ0) is 13.2. The summed E-state index contributed by atoms with van der Waals surface area (Å²) in [6, 6.07) is 0. The lowest BCUT2D eigenvalue weighted by Gasteiger charge is -2.49. The van der Waals surface area contributed by atoms with Crippen molar-refractivity contribution < 1.29 is 0 Å². The lowest BCUT2D eigenvalue weighted by atomic mass is 9.68. The Labute approximate surface area is 113 Å². The van der Waals surface area contributed by atoms with Gasteiger partial charge in [-0.3, -0.25) is 4.90 Å². The normalized spacial score (nSPS) is 33.0. The Balaban J connectivity index is 2.03. The summed E-state index contributed by atoms with van der Waals surface area (Å²) in [7, 11) is 0. The Morgan fingerprint density at radius 1 is 1.06 bits per heavy atom. The maximum atomic E-state index is 6.20. The first-order valence-corrected chi connectivity index (χ1v) is 7.93. The van der Waals surface area contributed by atoms with Crippen LogP contribution in [0.1, 0.15) is 65.7 Å². The van der Waals surface area contributed by atoms with E-state index in [0.717, 1.165) is 12.5 Å². The zero-order valence-electron chi connectivity index (χ0n) is 12.7. The van der Waals surface area contributed by atoms with Crippen LogP contribution in [-0.2, 0) is 0 Å². The fourth-order valence-corrected chi connectivity index (χ4v) is 3.78. The minimum atomic E-state index is 0.333. The van der Waals surface area contributed by atoms with Crippen molar-refractivity contribution in [2.45, 2.75) is 71.3 Å². The maximum Gasteiger partial charge on any atom is 0.0332 e. The van der Waals surface area contributed by atoms with Crippen LogP contribution >= 0.6 is 0 Å². The van der Waals surface area contributed by atoms with E-state index in [9.17, 15) is 0 Å². The molecule has 2 fully saturated rings. The van der Waals surface area contributed by atoms with Crippen LogP contribution in [0.4, 0.5) is 0 Å². The molecule has 2 N–H and O–H groups in total. The second kappa shape index (κ2) is 5.50. The smallest absolute Gasteiger partial charge is 0.0332 e. The summed E-state index contributed by atoms with van der Waals surface area (Å²) in [4.78, 5) is 2.76. The summed E-state index contributed by atoms with van der Waals surface area (Å²) in [5, 5.41) is 0. The third-order valence-electron chi connectivity index (χ3n) is 5.60. The molecule has 1 saturated heterocycles. The third kappa shape index (κ3) is 3.08. The second-order valence-electron chi connectivity index (χ2n) is 7.62. The highest BCUT2D eigenvalue weighted by atomic mass is 15.2. The highest BCUT2D eigenvalue weighted by Gasteiger charge is 2.41. The number of nitrogens with zero attached hydrogens (tertiary/aromatic N) is 1. The minimum Gasteiger partial charge on any atom is -0.329 e. The van der Waals surface area contributed by atoms with Crippen LogP contribution < -0.4 is 5.73 Å². The van der Waals surface area contributed by atoms with Gasteiger partial charge in [-0.05, 0) is 69.4 Å². The van der Waals surface area contributed by atoms with Crippen LogP contribution in [0.15, 0.2) is 0 Å². The van der Waals surface area contributed by atoms with Gasteiger partial charge in [0.1, 0.15) is 0 Å². The SMILES string of the molecule is CC1CCCN(C2(CN)CCC(C)(C)CC2)CC1. The van der Waals surface area contributed by atoms with Crippen molar-refractivity contribution in [3.8, 4) is 0 Å². The van der Waals surface area contributed by atoms with E-state index in [4.69, 9.17) is 5.73 Å². The summed E-state index contributed by atoms with van der Waals surface area (Å²) < 4.78 is 0. The average Bonchev–Trinajstić information content (AvgIpc) is 2.56. The van der Waals surface area contributed by atoms with Crippen LogP contribution in [0.3, 0.4) is 0 Å². The van der Waals surface area contributed by atoms with Crippen molar-refractivity contribution in [2.24, 2.45) is 17.1 Å². The molecule has 1 unspecified atom stereocenters. The van der Waals surface area contributed by atoms with Crippen molar-refractivity contribution >= 4 is 0 Å². The van der Waals surface area contributed by atoms with E-state index in [0.29, 0.717) is 11.0 Å².